The van der Waals surface area contributed by atoms with Crippen molar-refractivity contribution in [2.75, 3.05) is 11.4 Å². The molecular formula is C9H8ClFN2O3S. The molecule has 8 heteroatoms. The van der Waals surface area contributed by atoms with Crippen molar-refractivity contribution in [2.45, 2.75) is 11.7 Å². The Morgan fingerprint density at radius 2 is 2.18 bits per heavy atom. The van der Waals surface area contributed by atoms with Crippen LogP contribution in [-0.2, 0) is 15.0 Å². The number of carbonyl (C=O) groups is 1. The van der Waals surface area contributed by atoms with Crippen LogP contribution >= 0.6 is 11.6 Å². The third-order valence-corrected chi connectivity index (χ3v) is 3.79. The SMILES string of the molecule is O=C1CC(S(=O)(=O)F)CN1c1cccc(Cl)n1. The van der Waals surface area contributed by atoms with E-state index in [0.29, 0.717) is 0 Å². The van der Waals surface area contributed by atoms with Crippen LogP contribution < -0.4 is 4.90 Å². The van der Waals surface area contributed by atoms with E-state index in [-0.39, 0.29) is 23.9 Å². The number of halogens is 2. The van der Waals surface area contributed by atoms with Gasteiger partial charge in [-0.05, 0) is 12.1 Å². The van der Waals surface area contributed by atoms with Crippen molar-refractivity contribution < 1.29 is 17.1 Å². The average molecular weight is 279 g/mol. The lowest BCUT2D eigenvalue weighted by Crippen LogP contribution is -2.27. The molecule has 0 bridgehead atoms. The van der Waals surface area contributed by atoms with Gasteiger partial charge in [-0.2, -0.15) is 8.42 Å². The molecule has 0 N–H and O–H groups in total. The fourth-order valence-electron chi connectivity index (χ4n) is 1.63. The molecule has 1 unspecified atom stereocenters. The zero-order valence-corrected chi connectivity index (χ0v) is 10.1. The molecule has 1 aliphatic heterocycles. The summed E-state index contributed by atoms with van der Waals surface area (Å²) in [7, 11) is -4.71. The van der Waals surface area contributed by atoms with E-state index in [4.69, 9.17) is 11.6 Å². The molecule has 92 valence electrons. The van der Waals surface area contributed by atoms with Crippen molar-refractivity contribution in [1.29, 1.82) is 0 Å². The molecule has 2 heterocycles. The Morgan fingerprint density at radius 1 is 1.47 bits per heavy atom. The van der Waals surface area contributed by atoms with Crippen LogP contribution in [0.25, 0.3) is 0 Å². The Balaban J connectivity index is 2.28. The van der Waals surface area contributed by atoms with Gasteiger partial charge in [-0.15, -0.1) is 3.89 Å². The summed E-state index contributed by atoms with van der Waals surface area (Å²) >= 11 is 5.66. The first-order valence-corrected chi connectivity index (χ1v) is 6.57. The Hall–Kier alpha value is -1.21. The highest BCUT2D eigenvalue weighted by Crippen LogP contribution is 2.25. The van der Waals surface area contributed by atoms with Crippen molar-refractivity contribution in [3.8, 4) is 0 Å². The number of anilines is 1. The van der Waals surface area contributed by atoms with Gasteiger partial charge in [0.05, 0.1) is 0 Å². The van der Waals surface area contributed by atoms with E-state index in [1.54, 1.807) is 6.07 Å². The van der Waals surface area contributed by atoms with Crippen LogP contribution in [0.2, 0.25) is 5.15 Å². The molecule has 1 fully saturated rings. The van der Waals surface area contributed by atoms with Crippen LogP contribution in [0, 0.1) is 0 Å². The Kier molecular flexibility index (Phi) is 3.05. The first-order valence-electron chi connectivity index (χ1n) is 4.74. The molecule has 17 heavy (non-hydrogen) atoms. The minimum absolute atomic E-state index is 0.182. The topological polar surface area (TPSA) is 67.3 Å². The molecule has 0 saturated carbocycles. The molecule has 5 nitrogen and oxygen atoms in total. The lowest BCUT2D eigenvalue weighted by molar-refractivity contribution is -0.117. The Bertz CT molecular complexity index is 563. The van der Waals surface area contributed by atoms with Crippen LogP contribution in [0.1, 0.15) is 6.42 Å². The number of carbonyl (C=O) groups excluding carboxylic acids is 1. The summed E-state index contributed by atoms with van der Waals surface area (Å²) in [5.74, 6) is -0.250. The summed E-state index contributed by atoms with van der Waals surface area (Å²) in [5.41, 5.74) is 0. The summed E-state index contributed by atoms with van der Waals surface area (Å²) in [6, 6.07) is 4.61. The summed E-state index contributed by atoms with van der Waals surface area (Å²) in [5, 5.41) is -1.14. The first-order chi connectivity index (χ1) is 7.88. The molecule has 0 radical (unpaired) electrons. The number of pyridine rings is 1. The highest BCUT2D eigenvalue weighted by molar-refractivity contribution is 7.87. The van der Waals surface area contributed by atoms with Gasteiger partial charge < -0.3 is 0 Å². The van der Waals surface area contributed by atoms with E-state index >= 15 is 0 Å². The minimum Gasteiger partial charge on any atom is -0.295 e. The van der Waals surface area contributed by atoms with Gasteiger partial charge in [-0.1, -0.05) is 17.7 Å². The van der Waals surface area contributed by atoms with Crippen LogP contribution in [-0.4, -0.2) is 31.1 Å². The fraction of sp³-hybridized carbons (Fsp3) is 0.333. The lowest BCUT2D eigenvalue weighted by atomic mass is 10.4. The number of aromatic nitrogens is 1. The van der Waals surface area contributed by atoms with Crippen LogP contribution in [0.3, 0.4) is 0 Å². The minimum atomic E-state index is -4.71. The molecule has 1 aromatic heterocycles. The zero-order valence-electron chi connectivity index (χ0n) is 8.51. The van der Waals surface area contributed by atoms with Crippen molar-refractivity contribution in [3.05, 3.63) is 23.4 Å². The first kappa shape index (κ1) is 12.3. The molecule has 1 aliphatic rings. The van der Waals surface area contributed by atoms with Gasteiger partial charge in [0, 0.05) is 13.0 Å². The quantitative estimate of drug-likeness (QED) is 0.601. The molecule has 1 atom stereocenters. The van der Waals surface area contributed by atoms with Crippen LogP contribution in [0.15, 0.2) is 18.2 Å². The summed E-state index contributed by atoms with van der Waals surface area (Å²) < 4.78 is 34.2. The van der Waals surface area contributed by atoms with Crippen molar-refractivity contribution >= 4 is 33.5 Å². The second-order valence-electron chi connectivity index (χ2n) is 3.62. The monoisotopic (exact) mass is 278 g/mol. The zero-order chi connectivity index (χ0) is 12.6. The summed E-state index contributed by atoms with van der Waals surface area (Å²) in [6.07, 6.45) is -0.368. The smallest absolute Gasteiger partial charge is 0.295 e. The van der Waals surface area contributed by atoms with E-state index in [9.17, 15) is 17.1 Å². The highest BCUT2D eigenvalue weighted by atomic mass is 35.5. The molecule has 1 aromatic rings. The van der Waals surface area contributed by atoms with Gasteiger partial charge in [0.1, 0.15) is 16.2 Å². The Labute approximate surface area is 102 Å². The van der Waals surface area contributed by atoms with E-state index in [0.717, 1.165) is 4.90 Å². The number of nitrogens with zero attached hydrogens (tertiary/aromatic N) is 2. The fourth-order valence-corrected chi connectivity index (χ4v) is 2.46. The molecule has 1 saturated heterocycles. The molecular weight excluding hydrogens is 271 g/mol. The van der Waals surface area contributed by atoms with Gasteiger partial charge in [0.2, 0.25) is 5.91 Å². The standard InChI is InChI=1S/C9H8ClFN2O3S/c10-7-2-1-3-8(12-7)13-5-6(4-9(13)14)17(11,15)16/h1-3,6H,4-5H2. The van der Waals surface area contributed by atoms with Gasteiger partial charge >= 0.3 is 10.2 Å². The predicted octanol–water partition coefficient (Wildman–Crippen LogP) is 1.14. The Morgan fingerprint density at radius 3 is 2.71 bits per heavy atom. The molecule has 2 rings (SSSR count). The van der Waals surface area contributed by atoms with Crippen LogP contribution in [0.5, 0.6) is 0 Å². The third-order valence-electron chi connectivity index (χ3n) is 2.46. The normalized spacial score (nSPS) is 20.9. The van der Waals surface area contributed by atoms with Crippen molar-refractivity contribution in [2.24, 2.45) is 0 Å². The van der Waals surface area contributed by atoms with Gasteiger partial charge in [0.25, 0.3) is 0 Å². The molecule has 0 aliphatic carbocycles. The second-order valence-corrected chi connectivity index (χ2v) is 5.63. The van der Waals surface area contributed by atoms with Crippen molar-refractivity contribution in [1.82, 2.24) is 4.98 Å². The van der Waals surface area contributed by atoms with E-state index in [1.165, 1.54) is 12.1 Å². The van der Waals surface area contributed by atoms with E-state index in [2.05, 4.69) is 4.98 Å². The van der Waals surface area contributed by atoms with E-state index < -0.39 is 21.4 Å². The predicted molar refractivity (Wildman–Crippen MR) is 60.0 cm³/mol. The maximum Gasteiger partial charge on any atom is 0.307 e. The second kappa shape index (κ2) is 4.23. The number of rotatable bonds is 2. The summed E-state index contributed by atoms with van der Waals surface area (Å²) in [4.78, 5) is 16.5. The largest absolute Gasteiger partial charge is 0.307 e. The molecule has 0 spiro atoms. The van der Waals surface area contributed by atoms with Gasteiger partial charge in [-0.3, -0.25) is 9.69 Å². The number of hydrogen-bond donors (Lipinski definition) is 0. The molecule has 0 aromatic carbocycles. The number of amides is 1. The van der Waals surface area contributed by atoms with Gasteiger partial charge in [0.15, 0.2) is 0 Å². The van der Waals surface area contributed by atoms with Crippen molar-refractivity contribution in [3.63, 3.8) is 0 Å². The highest BCUT2D eigenvalue weighted by Gasteiger charge is 2.39. The average Bonchev–Trinajstić information content (AvgIpc) is 2.60. The lowest BCUT2D eigenvalue weighted by Gasteiger charge is -2.14. The van der Waals surface area contributed by atoms with Gasteiger partial charge in [-0.25, -0.2) is 4.98 Å². The maximum atomic E-state index is 12.8. The van der Waals surface area contributed by atoms with Crippen LogP contribution in [0.4, 0.5) is 9.70 Å². The number of hydrogen-bond acceptors (Lipinski definition) is 4. The maximum absolute atomic E-state index is 12.8. The summed E-state index contributed by atoms with van der Waals surface area (Å²) in [6.45, 7) is -0.231. The van der Waals surface area contributed by atoms with E-state index in [1.807, 2.05) is 0 Å². The third kappa shape index (κ3) is 2.55. The molecule has 1 amide bonds.